The summed E-state index contributed by atoms with van der Waals surface area (Å²) in [6, 6.07) is 10.8. The molecule has 0 unspecified atom stereocenters. The molecule has 11 heteroatoms. The van der Waals surface area contributed by atoms with E-state index in [1.807, 2.05) is 25.1 Å². The largest absolute Gasteiger partial charge is 0.494 e. The third-order valence-corrected chi connectivity index (χ3v) is 10.6. The van der Waals surface area contributed by atoms with Gasteiger partial charge in [0.25, 0.3) is 0 Å². The SMILES string of the molecule is COc1cc(N2CCC(N3CCN(C)CC3)CC2)c(C)cc1Nc1ncc(Br)c(Nc2cccc(C)c2P(C)(C)=O)n1. The topological polar surface area (TPSA) is 85.9 Å². The zero-order valence-electron chi connectivity index (χ0n) is 25.6. The van der Waals surface area contributed by atoms with Gasteiger partial charge in [-0.05, 0) is 86.3 Å². The summed E-state index contributed by atoms with van der Waals surface area (Å²) in [5, 5.41) is 7.57. The highest BCUT2D eigenvalue weighted by Gasteiger charge is 2.28. The smallest absolute Gasteiger partial charge is 0.229 e. The maximum atomic E-state index is 13.1. The summed E-state index contributed by atoms with van der Waals surface area (Å²) in [4.78, 5) is 16.8. The molecule has 0 spiro atoms. The van der Waals surface area contributed by atoms with Crippen molar-refractivity contribution >= 4 is 57.2 Å². The number of hydrogen-bond donors (Lipinski definition) is 2. The van der Waals surface area contributed by atoms with Gasteiger partial charge in [0.15, 0.2) is 0 Å². The zero-order chi connectivity index (χ0) is 30.0. The summed E-state index contributed by atoms with van der Waals surface area (Å²) in [5.41, 5.74) is 4.97. The fraction of sp³-hybridized carbons (Fsp3) is 0.484. The molecular formula is C31H43BrN7O2P. The van der Waals surface area contributed by atoms with E-state index in [4.69, 9.17) is 9.72 Å². The molecule has 1 aromatic heterocycles. The van der Waals surface area contributed by atoms with E-state index in [2.05, 4.69) is 72.4 Å². The van der Waals surface area contributed by atoms with E-state index in [1.165, 1.54) is 37.2 Å². The number of likely N-dealkylation sites (N-methyl/N-ethyl adjacent to an activating group) is 1. The van der Waals surface area contributed by atoms with Crippen LogP contribution in [0.2, 0.25) is 0 Å². The number of halogens is 1. The van der Waals surface area contributed by atoms with Gasteiger partial charge in [-0.2, -0.15) is 4.98 Å². The van der Waals surface area contributed by atoms with Crippen molar-refractivity contribution in [3.05, 3.63) is 52.1 Å². The first-order valence-corrected chi connectivity index (χ1v) is 18.0. The summed E-state index contributed by atoms with van der Waals surface area (Å²) in [6.45, 7) is 14.5. The molecule has 42 heavy (non-hydrogen) atoms. The molecule has 5 rings (SSSR count). The second kappa shape index (κ2) is 12.9. The van der Waals surface area contributed by atoms with Gasteiger partial charge in [-0.15, -0.1) is 0 Å². The van der Waals surface area contributed by atoms with Crippen molar-refractivity contribution in [2.75, 3.05) is 82.3 Å². The third kappa shape index (κ3) is 6.94. The van der Waals surface area contributed by atoms with Crippen molar-refractivity contribution in [3.8, 4) is 5.75 Å². The molecule has 2 aromatic carbocycles. The standard InChI is InChI=1S/C31H43BrN7O2P/c1-21-8-7-9-25(29(21)42(5,6)40)34-30-24(32)20-33-31(36-30)35-26-18-22(2)27(19-28(26)41-4)39-12-10-23(11-13-39)38-16-14-37(3)15-17-38/h7-9,18-20,23H,10-17H2,1-6H3,(H2,33,34,35,36). The first-order chi connectivity index (χ1) is 20.0. The fourth-order valence-corrected chi connectivity index (χ4v) is 8.11. The van der Waals surface area contributed by atoms with E-state index in [0.717, 1.165) is 54.2 Å². The molecule has 0 saturated carbocycles. The number of methoxy groups -OCH3 is 1. The number of aryl methyl sites for hydroxylation is 2. The van der Waals surface area contributed by atoms with Crippen LogP contribution in [0.3, 0.4) is 0 Å². The number of anilines is 5. The fourth-order valence-electron chi connectivity index (χ4n) is 6.18. The number of nitrogens with zero attached hydrogens (tertiary/aromatic N) is 5. The Hall–Kier alpha value is -2.65. The second-order valence-electron chi connectivity index (χ2n) is 11.9. The Bertz CT molecular complexity index is 1460. The van der Waals surface area contributed by atoms with Crippen molar-refractivity contribution in [1.82, 2.24) is 19.8 Å². The van der Waals surface area contributed by atoms with Crippen LogP contribution in [0.4, 0.5) is 28.8 Å². The number of piperazine rings is 1. The lowest BCUT2D eigenvalue weighted by molar-refractivity contribution is 0.0982. The molecule has 0 aliphatic carbocycles. The monoisotopic (exact) mass is 655 g/mol. The number of hydrogen-bond acceptors (Lipinski definition) is 9. The molecule has 2 N–H and O–H groups in total. The Morgan fingerprint density at radius 2 is 1.69 bits per heavy atom. The van der Waals surface area contributed by atoms with Gasteiger partial charge in [0.1, 0.15) is 18.7 Å². The normalized spacial score (nSPS) is 17.4. The quantitative estimate of drug-likeness (QED) is 0.292. The highest BCUT2D eigenvalue weighted by atomic mass is 79.9. The third-order valence-electron chi connectivity index (χ3n) is 8.40. The van der Waals surface area contributed by atoms with Gasteiger partial charge in [0.05, 0.1) is 23.0 Å². The van der Waals surface area contributed by atoms with Crippen molar-refractivity contribution in [2.45, 2.75) is 32.7 Å². The molecule has 9 nitrogen and oxygen atoms in total. The molecule has 2 saturated heterocycles. The second-order valence-corrected chi connectivity index (χ2v) is 15.9. The molecule has 0 atom stereocenters. The minimum Gasteiger partial charge on any atom is -0.494 e. The van der Waals surface area contributed by atoms with Crippen LogP contribution in [0.15, 0.2) is 41.0 Å². The summed E-state index contributed by atoms with van der Waals surface area (Å²) in [7, 11) is 1.39. The van der Waals surface area contributed by atoms with Gasteiger partial charge in [0, 0.05) is 68.6 Å². The zero-order valence-corrected chi connectivity index (χ0v) is 28.1. The van der Waals surface area contributed by atoms with Crippen LogP contribution in [0, 0.1) is 13.8 Å². The van der Waals surface area contributed by atoms with E-state index < -0.39 is 7.14 Å². The lowest BCUT2D eigenvalue weighted by Gasteiger charge is -2.43. The number of nitrogens with one attached hydrogen (secondary N) is 2. The Labute approximate surface area is 258 Å². The highest BCUT2D eigenvalue weighted by molar-refractivity contribution is 9.10. The van der Waals surface area contributed by atoms with Crippen molar-refractivity contribution in [3.63, 3.8) is 0 Å². The first-order valence-electron chi connectivity index (χ1n) is 14.6. The average Bonchev–Trinajstić information content (AvgIpc) is 2.95. The van der Waals surface area contributed by atoms with Gasteiger partial charge in [-0.1, -0.05) is 12.1 Å². The lowest BCUT2D eigenvalue weighted by atomic mass is 10.0. The van der Waals surface area contributed by atoms with Crippen LogP contribution in [-0.4, -0.2) is 92.6 Å². The number of piperidine rings is 1. The van der Waals surface area contributed by atoms with Crippen LogP contribution >= 0.6 is 23.1 Å². The van der Waals surface area contributed by atoms with Gasteiger partial charge in [-0.3, -0.25) is 4.90 Å². The van der Waals surface area contributed by atoms with Crippen LogP contribution in [-0.2, 0) is 4.57 Å². The van der Waals surface area contributed by atoms with E-state index >= 15 is 0 Å². The predicted octanol–water partition coefficient (Wildman–Crippen LogP) is 5.82. The number of aromatic nitrogens is 2. The van der Waals surface area contributed by atoms with Crippen LogP contribution in [0.1, 0.15) is 24.0 Å². The Morgan fingerprint density at radius 1 is 0.976 bits per heavy atom. The molecule has 3 aromatic rings. The summed E-state index contributed by atoms with van der Waals surface area (Å²) >= 11 is 3.57. The Kier molecular flexibility index (Phi) is 9.47. The molecule has 226 valence electrons. The van der Waals surface area contributed by atoms with Gasteiger partial charge in [0.2, 0.25) is 5.95 Å². The molecule has 0 radical (unpaired) electrons. The van der Waals surface area contributed by atoms with Crippen molar-refractivity contribution in [1.29, 1.82) is 0 Å². The van der Waals surface area contributed by atoms with Crippen LogP contribution in [0.5, 0.6) is 5.75 Å². The summed E-state index contributed by atoms with van der Waals surface area (Å²) < 4.78 is 19.6. The maximum absolute atomic E-state index is 13.1. The van der Waals surface area contributed by atoms with Crippen molar-refractivity contribution < 1.29 is 9.30 Å². The minimum atomic E-state index is -2.52. The van der Waals surface area contributed by atoms with Crippen LogP contribution in [0.25, 0.3) is 0 Å². The number of benzene rings is 2. The minimum absolute atomic E-state index is 0.435. The van der Waals surface area contributed by atoms with E-state index in [-0.39, 0.29) is 0 Å². The number of rotatable bonds is 8. The van der Waals surface area contributed by atoms with Crippen molar-refractivity contribution in [2.24, 2.45) is 0 Å². The Morgan fingerprint density at radius 3 is 2.36 bits per heavy atom. The Balaban J connectivity index is 1.32. The molecular weight excluding hydrogens is 613 g/mol. The van der Waals surface area contributed by atoms with E-state index in [0.29, 0.717) is 22.3 Å². The molecule has 2 aliphatic heterocycles. The molecule has 0 bridgehead atoms. The van der Waals surface area contributed by atoms with Crippen LogP contribution < -0.4 is 25.6 Å². The molecule has 3 heterocycles. The lowest BCUT2D eigenvalue weighted by Crippen LogP contribution is -2.52. The van der Waals surface area contributed by atoms with Gasteiger partial charge < -0.3 is 29.7 Å². The van der Waals surface area contributed by atoms with E-state index in [9.17, 15) is 4.57 Å². The summed E-state index contributed by atoms with van der Waals surface area (Å²) in [6.07, 6.45) is 4.08. The first kappa shape index (κ1) is 30.8. The molecule has 2 fully saturated rings. The maximum Gasteiger partial charge on any atom is 0.229 e. The number of ether oxygens (including phenoxy) is 1. The molecule has 2 aliphatic rings. The summed E-state index contributed by atoms with van der Waals surface area (Å²) in [5.74, 6) is 1.77. The van der Waals surface area contributed by atoms with E-state index in [1.54, 1.807) is 26.6 Å². The molecule has 0 amide bonds. The highest BCUT2D eigenvalue weighted by Crippen LogP contribution is 2.41. The van der Waals surface area contributed by atoms with Gasteiger partial charge >= 0.3 is 0 Å². The predicted molar refractivity (Wildman–Crippen MR) is 179 cm³/mol. The van der Waals surface area contributed by atoms with Gasteiger partial charge in [-0.25, -0.2) is 4.98 Å². The average molecular weight is 657 g/mol.